The van der Waals surface area contributed by atoms with Crippen molar-refractivity contribution in [2.24, 2.45) is 4.99 Å². The van der Waals surface area contributed by atoms with E-state index in [-0.39, 0.29) is 6.10 Å². The van der Waals surface area contributed by atoms with Gasteiger partial charge < -0.3 is 29.7 Å². The minimum absolute atomic E-state index is 0.0433. The Kier molecular flexibility index (Phi) is 8.78. The van der Waals surface area contributed by atoms with Gasteiger partial charge in [0.15, 0.2) is 5.96 Å². The van der Waals surface area contributed by atoms with Gasteiger partial charge in [-0.2, -0.15) is 0 Å². The number of ether oxygens (including phenoxy) is 3. The maximum absolute atomic E-state index is 5.99. The number of hydrogen-bond acceptors (Lipinski definition) is 6. The highest BCUT2D eigenvalue weighted by molar-refractivity contribution is 5.79. The number of hydrogen-bond donors (Lipinski definition) is 2. The van der Waals surface area contributed by atoms with Crippen LogP contribution in [0.5, 0.6) is 11.5 Å². The highest BCUT2D eigenvalue weighted by Crippen LogP contribution is 2.20. The molecule has 2 aromatic rings. The van der Waals surface area contributed by atoms with Crippen LogP contribution in [0, 0.1) is 0 Å². The zero-order valence-electron chi connectivity index (χ0n) is 18.6. The van der Waals surface area contributed by atoms with Crippen molar-refractivity contribution in [3.05, 3.63) is 48.2 Å². The van der Waals surface area contributed by atoms with Crippen LogP contribution in [0.15, 0.2) is 47.6 Å². The van der Waals surface area contributed by atoms with Gasteiger partial charge in [0.25, 0.3) is 0 Å². The normalized spacial score (nSPS) is 15.3. The van der Waals surface area contributed by atoms with Crippen molar-refractivity contribution in [3.63, 3.8) is 0 Å². The second-order valence-corrected chi connectivity index (χ2v) is 7.27. The number of aliphatic imine (C=N–C) groups is 1. The first-order valence-electron chi connectivity index (χ1n) is 10.8. The number of nitrogens with one attached hydrogen (secondary N) is 2. The van der Waals surface area contributed by atoms with Gasteiger partial charge in [0.2, 0.25) is 0 Å². The number of rotatable bonds is 9. The van der Waals surface area contributed by atoms with Gasteiger partial charge in [-0.3, -0.25) is 0 Å². The lowest BCUT2D eigenvalue weighted by Gasteiger charge is -2.29. The Morgan fingerprint density at radius 1 is 1.19 bits per heavy atom. The predicted octanol–water partition coefficient (Wildman–Crippen LogP) is 2.45. The summed E-state index contributed by atoms with van der Waals surface area (Å²) in [4.78, 5) is 11.6. The van der Waals surface area contributed by atoms with Crippen molar-refractivity contribution in [1.82, 2.24) is 15.6 Å². The second kappa shape index (κ2) is 12.0. The molecule has 0 radical (unpaired) electrons. The first-order valence-corrected chi connectivity index (χ1v) is 10.8. The molecule has 0 aliphatic carbocycles. The molecule has 1 unspecified atom stereocenters. The molecule has 0 spiro atoms. The van der Waals surface area contributed by atoms with Crippen molar-refractivity contribution in [3.8, 4) is 11.5 Å². The van der Waals surface area contributed by atoms with Crippen molar-refractivity contribution in [2.45, 2.75) is 26.5 Å². The molecule has 31 heavy (non-hydrogen) atoms. The smallest absolute Gasteiger partial charge is 0.191 e. The van der Waals surface area contributed by atoms with E-state index in [2.05, 4.69) is 33.5 Å². The van der Waals surface area contributed by atoms with E-state index in [1.165, 1.54) is 0 Å². The van der Waals surface area contributed by atoms with Crippen molar-refractivity contribution >= 4 is 11.8 Å². The quantitative estimate of drug-likeness (QED) is 0.470. The third-order valence-electron chi connectivity index (χ3n) is 4.87. The Balaban J connectivity index is 1.59. The Hall–Kier alpha value is -3.00. The molecule has 0 saturated carbocycles. The van der Waals surface area contributed by atoms with Crippen molar-refractivity contribution in [2.75, 3.05) is 51.4 Å². The SMILES string of the molecule is CCNC(=NCc1cccnc1N1CCOCC1)NCC(C)Oc1cccc(OC)c1. The van der Waals surface area contributed by atoms with Gasteiger partial charge in [-0.25, -0.2) is 9.98 Å². The van der Waals surface area contributed by atoms with Crippen molar-refractivity contribution in [1.29, 1.82) is 0 Å². The Bertz CT molecular complexity index is 839. The maximum Gasteiger partial charge on any atom is 0.191 e. The van der Waals surface area contributed by atoms with Gasteiger partial charge in [0.1, 0.15) is 23.4 Å². The molecule has 168 valence electrons. The molecule has 2 N–H and O–H groups in total. The van der Waals surface area contributed by atoms with Crippen LogP contribution in [-0.2, 0) is 11.3 Å². The fourth-order valence-corrected chi connectivity index (χ4v) is 3.31. The number of methoxy groups -OCH3 is 1. The van der Waals surface area contributed by atoms with E-state index in [1.807, 2.05) is 43.5 Å². The van der Waals surface area contributed by atoms with Gasteiger partial charge in [-0.05, 0) is 32.0 Å². The summed E-state index contributed by atoms with van der Waals surface area (Å²) in [7, 11) is 1.65. The Morgan fingerprint density at radius 2 is 2.00 bits per heavy atom. The fourth-order valence-electron chi connectivity index (χ4n) is 3.31. The van der Waals surface area contributed by atoms with E-state index >= 15 is 0 Å². The molecule has 1 aliphatic rings. The van der Waals surface area contributed by atoms with Crippen LogP contribution >= 0.6 is 0 Å². The van der Waals surface area contributed by atoms with E-state index in [1.54, 1.807) is 7.11 Å². The van der Waals surface area contributed by atoms with Gasteiger partial charge in [-0.1, -0.05) is 12.1 Å². The van der Waals surface area contributed by atoms with Gasteiger partial charge in [-0.15, -0.1) is 0 Å². The number of pyridine rings is 1. The number of aromatic nitrogens is 1. The molecule has 0 bridgehead atoms. The molecule has 1 aromatic carbocycles. The Labute approximate surface area is 184 Å². The number of nitrogens with zero attached hydrogens (tertiary/aromatic N) is 3. The summed E-state index contributed by atoms with van der Waals surface area (Å²) in [5.74, 6) is 3.29. The van der Waals surface area contributed by atoms with Crippen LogP contribution in [0.4, 0.5) is 5.82 Å². The average molecular weight is 428 g/mol. The molecule has 1 saturated heterocycles. The van der Waals surface area contributed by atoms with Crippen LogP contribution in [0.3, 0.4) is 0 Å². The molecular weight excluding hydrogens is 394 g/mol. The lowest BCUT2D eigenvalue weighted by atomic mass is 10.2. The highest BCUT2D eigenvalue weighted by Gasteiger charge is 2.15. The maximum atomic E-state index is 5.99. The van der Waals surface area contributed by atoms with E-state index in [0.717, 1.165) is 61.7 Å². The molecule has 8 heteroatoms. The highest BCUT2D eigenvalue weighted by atomic mass is 16.5. The van der Waals surface area contributed by atoms with Gasteiger partial charge in [0.05, 0.1) is 33.4 Å². The van der Waals surface area contributed by atoms with Gasteiger partial charge >= 0.3 is 0 Å². The molecule has 1 aromatic heterocycles. The molecule has 2 heterocycles. The van der Waals surface area contributed by atoms with Crippen LogP contribution in [-0.4, -0.2) is 63.6 Å². The fraction of sp³-hybridized carbons (Fsp3) is 0.478. The number of anilines is 1. The van der Waals surface area contributed by atoms with E-state index in [0.29, 0.717) is 13.1 Å². The lowest BCUT2D eigenvalue weighted by Crippen LogP contribution is -2.42. The van der Waals surface area contributed by atoms with E-state index in [9.17, 15) is 0 Å². The minimum Gasteiger partial charge on any atom is -0.497 e. The third kappa shape index (κ3) is 7.03. The zero-order chi connectivity index (χ0) is 21.9. The summed E-state index contributed by atoms with van der Waals surface area (Å²) in [5.41, 5.74) is 1.10. The Morgan fingerprint density at radius 3 is 2.77 bits per heavy atom. The van der Waals surface area contributed by atoms with Crippen LogP contribution in [0.2, 0.25) is 0 Å². The first kappa shape index (κ1) is 22.7. The molecule has 1 aliphatic heterocycles. The largest absolute Gasteiger partial charge is 0.497 e. The molecule has 3 rings (SSSR count). The first-order chi connectivity index (χ1) is 15.2. The summed E-state index contributed by atoms with van der Waals surface area (Å²) in [6.07, 6.45) is 1.79. The molecule has 1 fully saturated rings. The summed E-state index contributed by atoms with van der Waals surface area (Å²) >= 11 is 0. The molecule has 8 nitrogen and oxygen atoms in total. The lowest BCUT2D eigenvalue weighted by molar-refractivity contribution is 0.122. The van der Waals surface area contributed by atoms with Gasteiger partial charge in [0, 0.05) is 37.5 Å². The van der Waals surface area contributed by atoms with Crippen LogP contribution < -0.4 is 25.0 Å². The summed E-state index contributed by atoms with van der Waals surface area (Å²) in [6.45, 7) is 9.18. The summed E-state index contributed by atoms with van der Waals surface area (Å²) < 4.78 is 16.7. The van der Waals surface area contributed by atoms with E-state index in [4.69, 9.17) is 19.2 Å². The summed E-state index contributed by atoms with van der Waals surface area (Å²) in [6, 6.07) is 11.7. The number of morpholine rings is 1. The molecular formula is C23H33N5O3. The average Bonchev–Trinajstić information content (AvgIpc) is 2.81. The van der Waals surface area contributed by atoms with Crippen LogP contribution in [0.25, 0.3) is 0 Å². The van der Waals surface area contributed by atoms with Crippen molar-refractivity contribution < 1.29 is 14.2 Å². The van der Waals surface area contributed by atoms with Crippen LogP contribution in [0.1, 0.15) is 19.4 Å². The second-order valence-electron chi connectivity index (χ2n) is 7.27. The minimum atomic E-state index is -0.0433. The standard InChI is InChI=1S/C23H33N5O3/c1-4-24-23(26-16-18(2)31-21-9-5-8-20(15-21)29-3)27-17-19-7-6-10-25-22(19)28-11-13-30-14-12-28/h5-10,15,18H,4,11-14,16-17H2,1-3H3,(H2,24,26,27). The number of guanidine groups is 1. The monoisotopic (exact) mass is 427 g/mol. The molecule has 1 atom stereocenters. The number of benzene rings is 1. The van der Waals surface area contributed by atoms with E-state index < -0.39 is 0 Å². The predicted molar refractivity (Wildman–Crippen MR) is 123 cm³/mol. The molecule has 0 amide bonds. The zero-order valence-corrected chi connectivity index (χ0v) is 18.6. The summed E-state index contributed by atoms with van der Waals surface area (Å²) in [5, 5.41) is 6.67. The third-order valence-corrected chi connectivity index (χ3v) is 4.87. The topological polar surface area (TPSA) is 80.2 Å².